The molecule has 4 heteroatoms. The molecule has 0 bridgehead atoms. The molecular weight excluding hydrogens is 236 g/mol. The Balaban J connectivity index is 1.90. The summed E-state index contributed by atoms with van der Waals surface area (Å²) in [5.41, 5.74) is 0.899. The molecule has 17 heavy (non-hydrogen) atoms. The molecule has 1 aliphatic heterocycles. The van der Waals surface area contributed by atoms with E-state index in [9.17, 15) is 5.11 Å². The zero-order valence-corrected chi connectivity index (χ0v) is 10.9. The number of piperazine rings is 1. The Labute approximate surface area is 108 Å². The standard InChI is InChI=1S/C13H19ClN2O/c1-15-5-7-16(8-6-15)10-13(17)11-3-2-4-12(14)9-11/h2-4,9,13,17H,5-8,10H2,1H3. The summed E-state index contributed by atoms with van der Waals surface area (Å²) in [4.78, 5) is 4.60. The number of likely N-dealkylation sites (N-methyl/N-ethyl adjacent to an activating group) is 1. The van der Waals surface area contributed by atoms with Gasteiger partial charge in [-0.2, -0.15) is 0 Å². The Bertz CT molecular complexity index is 364. The van der Waals surface area contributed by atoms with Crippen LogP contribution in [0.3, 0.4) is 0 Å². The summed E-state index contributed by atoms with van der Waals surface area (Å²) < 4.78 is 0. The number of benzene rings is 1. The normalized spacial score (nSPS) is 20.4. The van der Waals surface area contributed by atoms with Gasteiger partial charge in [0.2, 0.25) is 0 Å². The Morgan fingerprint density at radius 2 is 2.00 bits per heavy atom. The molecule has 0 radical (unpaired) electrons. The molecule has 1 aliphatic rings. The fraction of sp³-hybridized carbons (Fsp3) is 0.538. The molecule has 3 nitrogen and oxygen atoms in total. The molecular formula is C13H19ClN2O. The average Bonchev–Trinajstić information content (AvgIpc) is 2.32. The second kappa shape index (κ2) is 5.83. The summed E-state index contributed by atoms with van der Waals surface area (Å²) in [5.74, 6) is 0. The third-order valence-corrected chi connectivity index (χ3v) is 3.50. The molecule has 1 aromatic carbocycles. The summed E-state index contributed by atoms with van der Waals surface area (Å²) in [6, 6.07) is 7.47. The van der Waals surface area contributed by atoms with E-state index in [1.54, 1.807) is 0 Å². The molecule has 1 unspecified atom stereocenters. The molecule has 0 saturated carbocycles. The first-order valence-electron chi connectivity index (χ1n) is 5.99. The van der Waals surface area contributed by atoms with Crippen molar-refractivity contribution < 1.29 is 5.11 Å². The van der Waals surface area contributed by atoms with Gasteiger partial charge in [-0.3, -0.25) is 4.90 Å². The Kier molecular flexibility index (Phi) is 4.40. The van der Waals surface area contributed by atoms with Gasteiger partial charge in [0.25, 0.3) is 0 Å². The van der Waals surface area contributed by atoms with E-state index < -0.39 is 6.10 Å². The van der Waals surface area contributed by atoms with Gasteiger partial charge in [-0.15, -0.1) is 0 Å². The van der Waals surface area contributed by atoms with Gasteiger partial charge in [0.15, 0.2) is 0 Å². The van der Waals surface area contributed by atoms with Gasteiger partial charge < -0.3 is 10.0 Å². The summed E-state index contributed by atoms with van der Waals surface area (Å²) in [6.07, 6.45) is -0.447. The van der Waals surface area contributed by atoms with Gasteiger partial charge in [-0.05, 0) is 24.7 Å². The molecule has 2 rings (SSSR count). The number of aliphatic hydroxyl groups is 1. The van der Waals surface area contributed by atoms with Crippen LogP contribution in [-0.4, -0.2) is 54.7 Å². The van der Waals surface area contributed by atoms with Crippen molar-refractivity contribution in [3.05, 3.63) is 34.9 Å². The SMILES string of the molecule is CN1CCN(CC(O)c2cccc(Cl)c2)CC1. The Morgan fingerprint density at radius 1 is 1.29 bits per heavy atom. The van der Waals surface area contributed by atoms with Gasteiger partial charge in [-0.25, -0.2) is 0 Å². The summed E-state index contributed by atoms with van der Waals surface area (Å²) in [5, 5.41) is 10.8. The van der Waals surface area contributed by atoms with Gasteiger partial charge in [0, 0.05) is 37.7 Å². The first-order chi connectivity index (χ1) is 8.15. The molecule has 0 aliphatic carbocycles. The molecule has 1 N–H and O–H groups in total. The molecule has 94 valence electrons. The maximum atomic E-state index is 10.1. The predicted octanol–water partition coefficient (Wildman–Crippen LogP) is 1.62. The molecule has 0 spiro atoms. The predicted molar refractivity (Wildman–Crippen MR) is 70.3 cm³/mol. The minimum Gasteiger partial charge on any atom is -0.387 e. The lowest BCUT2D eigenvalue weighted by Gasteiger charge is -2.33. The van der Waals surface area contributed by atoms with E-state index in [-0.39, 0.29) is 0 Å². The van der Waals surface area contributed by atoms with Crippen LogP contribution in [0.1, 0.15) is 11.7 Å². The number of hydrogen-bond acceptors (Lipinski definition) is 3. The van der Waals surface area contributed by atoms with Crippen molar-refractivity contribution in [1.82, 2.24) is 9.80 Å². The summed E-state index contributed by atoms with van der Waals surface area (Å²) >= 11 is 5.92. The highest BCUT2D eigenvalue weighted by molar-refractivity contribution is 6.30. The quantitative estimate of drug-likeness (QED) is 0.888. The first kappa shape index (κ1) is 12.8. The number of β-amino-alcohol motifs (C(OH)–C–C–N with tert-alkyl or cyclic N) is 1. The monoisotopic (exact) mass is 254 g/mol. The number of rotatable bonds is 3. The molecule has 0 aromatic heterocycles. The number of halogens is 1. The van der Waals surface area contributed by atoms with Crippen molar-refractivity contribution in [2.24, 2.45) is 0 Å². The van der Waals surface area contributed by atoms with Crippen LogP contribution in [0, 0.1) is 0 Å². The minimum atomic E-state index is -0.447. The lowest BCUT2D eigenvalue weighted by Crippen LogP contribution is -2.45. The molecule has 1 aromatic rings. The molecule has 1 saturated heterocycles. The van der Waals surface area contributed by atoms with E-state index in [2.05, 4.69) is 16.8 Å². The van der Waals surface area contributed by atoms with Crippen molar-refractivity contribution in [3.8, 4) is 0 Å². The van der Waals surface area contributed by atoms with Gasteiger partial charge >= 0.3 is 0 Å². The summed E-state index contributed by atoms with van der Waals surface area (Å²) in [7, 11) is 2.13. The number of nitrogens with zero attached hydrogens (tertiary/aromatic N) is 2. The van der Waals surface area contributed by atoms with Crippen molar-refractivity contribution in [3.63, 3.8) is 0 Å². The largest absolute Gasteiger partial charge is 0.387 e. The maximum absolute atomic E-state index is 10.1. The molecule has 0 amide bonds. The van der Waals surface area contributed by atoms with E-state index in [0.29, 0.717) is 11.6 Å². The van der Waals surface area contributed by atoms with Crippen LogP contribution < -0.4 is 0 Å². The van der Waals surface area contributed by atoms with Crippen molar-refractivity contribution in [2.45, 2.75) is 6.10 Å². The van der Waals surface area contributed by atoms with Gasteiger partial charge in [0.05, 0.1) is 6.10 Å². The highest BCUT2D eigenvalue weighted by Gasteiger charge is 2.17. The van der Waals surface area contributed by atoms with Crippen molar-refractivity contribution in [2.75, 3.05) is 39.8 Å². The second-order valence-electron chi connectivity index (χ2n) is 4.67. The van der Waals surface area contributed by atoms with Crippen LogP contribution in [-0.2, 0) is 0 Å². The van der Waals surface area contributed by atoms with E-state index in [0.717, 1.165) is 31.7 Å². The average molecular weight is 255 g/mol. The second-order valence-corrected chi connectivity index (χ2v) is 5.11. The van der Waals surface area contributed by atoms with Crippen molar-refractivity contribution in [1.29, 1.82) is 0 Å². The lowest BCUT2D eigenvalue weighted by molar-refractivity contribution is 0.0805. The first-order valence-corrected chi connectivity index (χ1v) is 6.37. The molecule has 1 fully saturated rings. The molecule has 1 atom stereocenters. The van der Waals surface area contributed by atoms with E-state index >= 15 is 0 Å². The van der Waals surface area contributed by atoms with Crippen LogP contribution in [0.15, 0.2) is 24.3 Å². The fourth-order valence-electron chi connectivity index (χ4n) is 2.09. The number of aliphatic hydroxyl groups excluding tert-OH is 1. The Morgan fingerprint density at radius 3 is 2.65 bits per heavy atom. The summed E-state index contributed by atoms with van der Waals surface area (Å²) in [6.45, 7) is 4.88. The highest BCUT2D eigenvalue weighted by atomic mass is 35.5. The van der Waals surface area contributed by atoms with Crippen LogP contribution in [0.25, 0.3) is 0 Å². The van der Waals surface area contributed by atoms with Crippen LogP contribution >= 0.6 is 11.6 Å². The van der Waals surface area contributed by atoms with Crippen LogP contribution in [0.2, 0.25) is 5.02 Å². The number of hydrogen-bond donors (Lipinski definition) is 1. The highest BCUT2D eigenvalue weighted by Crippen LogP contribution is 2.19. The smallest absolute Gasteiger partial charge is 0.0917 e. The zero-order chi connectivity index (χ0) is 12.3. The van der Waals surface area contributed by atoms with Crippen LogP contribution in [0.4, 0.5) is 0 Å². The fourth-order valence-corrected chi connectivity index (χ4v) is 2.29. The van der Waals surface area contributed by atoms with Gasteiger partial charge in [0.1, 0.15) is 0 Å². The molecule has 1 heterocycles. The van der Waals surface area contributed by atoms with Gasteiger partial charge in [-0.1, -0.05) is 23.7 Å². The minimum absolute atomic E-state index is 0.447. The van der Waals surface area contributed by atoms with Crippen molar-refractivity contribution >= 4 is 11.6 Å². The topological polar surface area (TPSA) is 26.7 Å². The van der Waals surface area contributed by atoms with E-state index in [1.807, 2.05) is 24.3 Å². The van der Waals surface area contributed by atoms with E-state index in [1.165, 1.54) is 0 Å². The van der Waals surface area contributed by atoms with Crippen LogP contribution in [0.5, 0.6) is 0 Å². The Hall–Kier alpha value is -0.610. The third-order valence-electron chi connectivity index (χ3n) is 3.26. The maximum Gasteiger partial charge on any atom is 0.0917 e. The lowest BCUT2D eigenvalue weighted by atomic mass is 10.1. The third kappa shape index (κ3) is 3.68. The van der Waals surface area contributed by atoms with E-state index in [4.69, 9.17) is 11.6 Å². The zero-order valence-electron chi connectivity index (χ0n) is 10.1.